The van der Waals surface area contributed by atoms with Crippen molar-refractivity contribution in [3.8, 4) is 0 Å². The number of likely N-dealkylation sites (N-methyl/N-ethyl adjacent to an activating group) is 1. The molecule has 1 saturated carbocycles. The Balaban J connectivity index is 1.57. The summed E-state index contributed by atoms with van der Waals surface area (Å²) in [6, 6.07) is 0.176. The molecule has 3 heterocycles. The molecule has 126 valence electrons. The van der Waals surface area contributed by atoms with Crippen molar-refractivity contribution >= 4 is 5.91 Å². The van der Waals surface area contributed by atoms with Crippen LogP contribution in [0, 0.1) is 11.8 Å². The molecular formula is C16H26N6O. The molecule has 4 unspecified atom stereocenters. The molecule has 0 aromatic carbocycles. The van der Waals surface area contributed by atoms with Crippen molar-refractivity contribution in [1.29, 1.82) is 0 Å². The van der Waals surface area contributed by atoms with Gasteiger partial charge in [-0.3, -0.25) is 19.8 Å². The number of rotatable bonds is 2. The number of nitrogens with two attached hydrogens (primary N) is 1. The van der Waals surface area contributed by atoms with Crippen LogP contribution in [-0.4, -0.2) is 46.8 Å². The van der Waals surface area contributed by atoms with Gasteiger partial charge in [-0.2, -0.15) is 5.10 Å². The molecule has 1 aromatic rings. The van der Waals surface area contributed by atoms with Crippen molar-refractivity contribution in [3.63, 3.8) is 0 Å². The minimum Gasteiger partial charge on any atom is -0.329 e. The Morgan fingerprint density at radius 1 is 1.39 bits per heavy atom. The molecule has 7 nitrogen and oxygen atoms in total. The highest BCUT2D eigenvalue weighted by atomic mass is 16.2. The van der Waals surface area contributed by atoms with E-state index in [4.69, 9.17) is 5.73 Å². The van der Waals surface area contributed by atoms with Gasteiger partial charge in [0.2, 0.25) is 5.91 Å². The molecule has 4 N–H and O–H groups in total. The molecule has 2 aliphatic heterocycles. The maximum Gasteiger partial charge on any atom is 0.237 e. The smallest absolute Gasteiger partial charge is 0.237 e. The van der Waals surface area contributed by atoms with E-state index in [9.17, 15) is 4.79 Å². The van der Waals surface area contributed by atoms with Crippen molar-refractivity contribution in [2.45, 2.75) is 44.3 Å². The van der Waals surface area contributed by atoms with E-state index in [0.29, 0.717) is 18.4 Å². The van der Waals surface area contributed by atoms with E-state index in [1.165, 1.54) is 11.3 Å². The standard InChI is InChI=1S/C16H26N6O/c1-21-4-5-22-15(9-21)13(8-18-22)10-2-3-11-12(6-10)14(7-17)19-20-16(11)23/h8,10-12,14,19H,2-7,9,17H2,1H3,(H,20,23). The van der Waals surface area contributed by atoms with Gasteiger partial charge in [-0.25, -0.2) is 5.43 Å². The highest BCUT2D eigenvalue weighted by Crippen LogP contribution is 2.43. The summed E-state index contributed by atoms with van der Waals surface area (Å²) < 4.78 is 2.16. The average molecular weight is 318 g/mol. The Hall–Kier alpha value is -1.44. The van der Waals surface area contributed by atoms with E-state index in [1.807, 2.05) is 0 Å². The molecule has 23 heavy (non-hydrogen) atoms. The molecule has 1 aromatic heterocycles. The lowest BCUT2D eigenvalue weighted by Crippen LogP contribution is -2.62. The Bertz CT molecular complexity index is 599. The van der Waals surface area contributed by atoms with Crippen molar-refractivity contribution in [1.82, 2.24) is 25.5 Å². The van der Waals surface area contributed by atoms with Gasteiger partial charge in [0, 0.05) is 31.6 Å². The summed E-state index contributed by atoms with van der Waals surface area (Å²) in [5, 5.41) is 4.59. The first-order valence-corrected chi connectivity index (χ1v) is 8.66. The van der Waals surface area contributed by atoms with Crippen LogP contribution < -0.4 is 16.6 Å². The lowest BCUT2D eigenvalue weighted by Gasteiger charge is -2.43. The normalized spacial score (nSPS) is 34.6. The fourth-order valence-electron chi connectivity index (χ4n) is 4.59. The summed E-state index contributed by atoms with van der Waals surface area (Å²) in [6.07, 6.45) is 5.09. The zero-order valence-electron chi connectivity index (χ0n) is 13.7. The fourth-order valence-corrected chi connectivity index (χ4v) is 4.59. The van der Waals surface area contributed by atoms with E-state index < -0.39 is 0 Å². The minimum absolute atomic E-state index is 0.107. The van der Waals surface area contributed by atoms with Gasteiger partial charge in [0.1, 0.15) is 0 Å². The lowest BCUT2D eigenvalue weighted by atomic mass is 9.68. The van der Waals surface area contributed by atoms with Crippen molar-refractivity contribution in [2.24, 2.45) is 17.6 Å². The number of carbonyl (C=O) groups is 1. The summed E-state index contributed by atoms with van der Waals surface area (Å²) in [6.45, 7) is 3.56. The van der Waals surface area contributed by atoms with Crippen LogP contribution in [0.15, 0.2) is 6.20 Å². The number of nitrogens with zero attached hydrogens (tertiary/aromatic N) is 3. The van der Waals surface area contributed by atoms with Gasteiger partial charge in [0.25, 0.3) is 0 Å². The fraction of sp³-hybridized carbons (Fsp3) is 0.750. The minimum atomic E-state index is 0.107. The molecule has 1 amide bonds. The number of fused-ring (bicyclic) bond motifs is 2. The number of amides is 1. The first-order valence-electron chi connectivity index (χ1n) is 8.66. The topological polar surface area (TPSA) is 88.2 Å². The first kappa shape index (κ1) is 15.1. The predicted molar refractivity (Wildman–Crippen MR) is 86.3 cm³/mol. The molecule has 7 heteroatoms. The van der Waals surface area contributed by atoms with E-state index >= 15 is 0 Å². The third kappa shape index (κ3) is 2.56. The van der Waals surface area contributed by atoms with Crippen LogP contribution in [-0.2, 0) is 17.9 Å². The van der Waals surface area contributed by atoms with E-state index in [1.54, 1.807) is 0 Å². The van der Waals surface area contributed by atoms with Gasteiger partial charge < -0.3 is 5.73 Å². The van der Waals surface area contributed by atoms with Gasteiger partial charge in [0.15, 0.2) is 0 Å². The second-order valence-corrected chi connectivity index (χ2v) is 7.26. The van der Waals surface area contributed by atoms with Crippen LogP contribution in [0.4, 0.5) is 0 Å². The molecule has 4 atom stereocenters. The number of hydrazine groups is 1. The van der Waals surface area contributed by atoms with Gasteiger partial charge in [0.05, 0.1) is 18.4 Å². The Morgan fingerprint density at radius 2 is 2.26 bits per heavy atom. The van der Waals surface area contributed by atoms with Gasteiger partial charge in [-0.05, 0) is 43.7 Å². The summed E-state index contributed by atoms with van der Waals surface area (Å²) in [4.78, 5) is 14.5. The van der Waals surface area contributed by atoms with Crippen LogP contribution in [0.25, 0.3) is 0 Å². The maximum atomic E-state index is 12.1. The Morgan fingerprint density at radius 3 is 3.09 bits per heavy atom. The van der Waals surface area contributed by atoms with Gasteiger partial charge >= 0.3 is 0 Å². The highest BCUT2D eigenvalue weighted by molar-refractivity contribution is 5.79. The maximum absolute atomic E-state index is 12.1. The summed E-state index contributed by atoms with van der Waals surface area (Å²) in [5.41, 5.74) is 14.6. The molecule has 4 rings (SSSR count). The number of hydrogen-bond donors (Lipinski definition) is 3. The van der Waals surface area contributed by atoms with Gasteiger partial charge in [-0.1, -0.05) is 0 Å². The molecular weight excluding hydrogens is 292 g/mol. The zero-order chi connectivity index (χ0) is 16.0. The summed E-state index contributed by atoms with van der Waals surface area (Å²) in [5.74, 6) is 1.06. The van der Waals surface area contributed by atoms with E-state index in [2.05, 4.69) is 38.8 Å². The van der Waals surface area contributed by atoms with Crippen LogP contribution in [0.2, 0.25) is 0 Å². The molecule has 3 aliphatic rings. The Kier molecular flexibility index (Phi) is 3.87. The molecule has 1 aliphatic carbocycles. The average Bonchev–Trinajstić information content (AvgIpc) is 2.98. The highest BCUT2D eigenvalue weighted by Gasteiger charge is 2.43. The van der Waals surface area contributed by atoms with Crippen LogP contribution >= 0.6 is 0 Å². The largest absolute Gasteiger partial charge is 0.329 e. The summed E-state index contributed by atoms with van der Waals surface area (Å²) in [7, 11) is 2.16. The third-order valence-corrected chi connectivity index (χ3v) is 5.92. The van der Waals surface area contributed by atoms with E-state index in [-0.39, 0.29) is 17.9 Å². The van der Waals surface area contributed by atoms with Gasteiger partial charge in [-0.15, -0.1) is 0 Å². The molecule has 0 radical (unpaired) electrons. The molecule has 2 fully saturated rings. The third-order valence-electron chi connectivity index (χ3n) is 5.92. The van der Waals surface area contributed by atoms with Crippen molar-refractivity contribution in [2.75, 3.05) is 20.1 Å². The molecule has 0 bridgehead atoms. The molecule has 1 saturated heterocycles. The SMILES string of the molecule is CN1CCn2ncc(C3CCC4C(=O)NNC(CN)C4C3)c2C1. The van der Waals surface area contributed by atoms with Crippen LogP contribution in [0.3, 0.4) is 0 Å². The monoisotopic (exact) mass is 318 g/mol. The van der Waals surface area contributed by atoms with Crippen LogP contribution in [0.1, 0.15) is 36.4 Å². The second kappa shape index (κ2) is 5.89. The number of aromatic nitrogens is 2. The number of carbonyl (C=O) groups excluding carboxylic acids is 1. The summed E-state index contributed by atoms with van der Waals surface area (Å²) >= 11 is 0. The second-order valence-electron chi connectivity index (χ2n) is 7.26. The van der Waals surface area contributed by atoms with E-state index in [0.717, 1.165) is 38.9 Å². The quantitative estimate of drug-likeness (QED) is 0.702. The first-order chi connectivity index (χ1) is 11.2. The number of nitrogens with one attached hydrogen (secondary N) is 2. The molecule has 0 spiro atoms. The van der Waals surface area contributed by atoms with Crippen molar-refractivity contribution in [3.05, 3.63) is 17.5 Å². The van der Waals surface area contributed by atoms with Crippen molar-refractivity contribution < 1.29 is 4.79 Å². The van der Waals surface area contributed by atoms with Crippen LogP contribution in [0.5, 0.6) is 0 Å². The zero-order valence-corrected chi connectivity index (χ0v) is 13.7. The Labute approximate surface area is 136 Å². The predicted octanol–water partition coefficient (Wildman–Crippen LogP) is -0.210. The lowest BCUT2D eigenvalue weighted by molar-refractivity contribution is -0.133. The number of hydrogen-bond acceptors (Lipinski definition) is 5.